The summed E-state index contributed by atoms with van der Waals surface area (Å²) >= 11 is 5.82. The summed E-state index contributed by atoms with van der Waals surface area (Å²) in [5.41, 5.74) is -2.22. The minimum atomic E-state index is -4.91. The summed E-state index contributed by atoms with van der Waals surface area (Å²) in [6.45, 7) is 0.350. The van der Waals surface area contributed by atoms with E-state index in [0.717, 1.165) is 5.56 Å². The van der Waals surface area contributed by atoms with Crippen molar-refractivity contribution >= 4 is 17.6 Å². The van der Waals surface area contributed by atoms with E-state index < -0.39 is 23.8 Å². The van der Waals surface area contributed by atoms with Gasteiger partial charge < -0.3 is 9.84 Å². The van der Waals surface area contributed by atoms with Gasteiger partial charge in [0.05, 0.1) is 0 Å². The number of rotatable bonds is 4. The molecule has 0 bridgehead atoms. The van der Waals surface area contributed by atoms with Gasteiger partial charge in [-0.05, 0) is 30.7 Å². The summed E-state index contributed by atoms with van der Waals surface area (Å²) in [5.74, 6) is -1.43. The first-order valence-electron chi connectivity index (χ1n) is 6.14. The van der Waals surface area contributed by atoms with Crippen molar-refractivity contribution in [1.82, 2.24) is 5.32 Å². The van der Waals surface area contributed by atoms with Gasteiger partial charge in [-0.3, -0.25) is 5.32 Å². The Kier molecular flexibility index (Phi) is 4.08. The number of hydrogen-bond donors (Lipinski definition) is 2. The number of carbonyl (C=O) groups is 1. The molecule has 1 aliphatic rings. The van der Waals surface area contributed by atoms with Crippen molar-refractivity contribution in [2.75, 3.05) is 6.54 Å². The molecule has 2 N–H and O–H groups in total. The molecule has 1 aliphatic heterocycles. The molecule has 1 aromatic carbocycles. The first-order chi connectivity index (χ1) is 9.63. The number of carboxylic acid groups (broad SMARTS) is 1. The molecule has 2 atom stereocenters. The number of aliphatic carboxylic acids is 1. The third kappa shape index (κ3) is 3.08. The minimum Gasteiger partial charge on any atom is -0.488 e. The van der Waals surface area contributed by atoms with Crippen LogP contribution in [0.15, 0.2) is 18.2 Å². The molecule has 0 aliphatic carbocycles. The molecule has 8 heteroatoms. The van der Waals surface area contributed by atoms with E-state index in [-0.39, 0.29) is 6.54 Å². The number of alkyl halides is 3. The highest BCUT2D eigenvalue weighted by Gasteiger charge is 2.57. The van der Waals surface area contributed by atoms with E-state index in [1.807, 2.05) is 5.32 Å². The number of nitrogens with one attached hydrogen (secondary N) is 1. The molecule has 0 fully saturated rings. The van der Waals surface area contributed by atoms with Crippen LogP contribution in [0.25, 0.3) is 0 Å². The number of fused-ring (bicyclic) bond motifs is 1. The normalized spacial score (nSPS) is 20.5. The number of ether oxygens (including phenoxy) is 1. The molecule has 0 saturated heterocycles. The number of carboxylic acids is 1. The maximum absolute atomic E-state index is 12.8. The van der Waals surface area contributed by atoms with Crippen LogP contribution in [-0.4, -0.2) is 35.4 Å². The Balaban J connectivity index is 2.03. The van der Waals surface area contributed by atoms with Gasteiger partial charge in [-0.15, -0.1) is 0 Å². The Bertz CT molecular complexity index is 564. The van der Waals surface area contributed by atoms with Gasteiger partial charge in [0.2, 0.25) is 5.54 Å². The monoisotopic (exact) mass is 323 g/mol. The average Bonchev–Trinajstić information content (AvgIpc) is 2.76. The van der Waals surface area contributed by atoms with Gasteiger partial charge in [-0.2, -0.15) is 13.2 Å². The summed E-state index contributed by atoms with van der Waals surface area (Å²) in [6, 6.07) is 4.93. The van der Waals surface area contributed by atoms with Crippen molar-refractivity contribution in [3.05, 3.63) is 28.8 Å². The van der Waals surface area contributed by atoms with E-state index >= 15 is 0 Å². The summed E-state index contributed by atoms with van der Waals surface area (Å²) in [4.78, 5) is 10.9. The second-order valence-corrected chi connectivity index (χ2v) is 5.44. The van der Waals surface area contributed by atoms with E-state index in [0.29, 0.717) is 24.1 Å². The fourth-order valence-electron chi connectivity index (χ4n) is 2.02. The topological polar surface area (TPSA) is 58.6 Å². The van der Waals surface area contributed by atoms with Crippen molar-refractivity contribution in [2.24, 2.45) is 0 Å². The van der Waals surface area contributed by atoms with Crippen LogP contribution in [0.1, 0.15) is 12.5 Å². The maximum Gasteiger partial charge on any atom is 0.417 e. The third-order valence-corrected chi connectivity index (χ3v) is 3.68. The largest absolute Gasteiger partial charge is 0.488 e. The smallest absolute Gasteiger partial charge is 0.417 e. The van der Waals surface area contributed by atoms with E-state index in [4.69, 9.17) is 21.4 Å². The van der Waals surface area contributed by atoms with Gasteiger partial charge in [0.15, 0.2) is 0 Å². The van der Waals surface area contributed by atoms with Gasteiger partial charge in [0.1, 0.15) is 11.9 Å². The van der Waals surface area contributed by atoms with E-state index in [9.17, 15) is 18.0 Å². The molecule has 0 amide bonds. The Morgan fingerprint density at radius 3 is 2.76 bits per heavy atom. The molecule has 0 saturated carbocycles. The molecule has 4 nitrogen and oxygen atoms in total. The molecule has 0 spiro atoms. The highest BCUT2D eigenvalue weighted by molar-refractivity contribution is 6.30. The van der Waals surface area contributed by atoms with Crippen molar-refractivity contribution in [3.8, 4) is 5.75 Å². The highest BCUT2D eigenvalue weighted by Crippen LogP contribution is 2.33. The Morgan fingerprint density at radius 1 is 1.52 bits per heavy atom. The standard InChI is InChI=1S/C13H13ClF3NO3/c1-12(11(19)20,13(15,16)17)18-6-9-5-7-4-8(14)2-3-10(7)21-9/h2-4,9,18H,5-6H2,1H3,(H,19,20). The minimum absolute atomic E-state index is 0.241. The van der Waals surface area contributed by atoms with Crippen LogP contribution >= 0.6 is 11.6 Å². The Hall–Kier alpha value is -1.47. The molecule has 0 radical (unpaired) electrons. The lowest BCUT2D eigenvalue weighted by Crippen LogP contribution is -2.61. The fourth-order valence-corrected chi connectivity index (χ4v) is 2.21. The second-order valence-electron chi connectivity index (χ2n) is 5.00. The molecular weight excluding hydrogens is 311 g/mol. The summed E-state index contributed by atoms with van der Waals surface area (Å²) in [5, 5.41) is 11.4. The van der Waals surface area contributed by atoms with Crippen LogP contribution in [-0.2, 0) is 11.2 Å². The van der Waals surface area contributed by atoms with Gasteiger partial charge in [-0.1, -0.05) is 11.6 Å². The molecule has 116 valence electrons. The molecular formula is C13H13ClF3NO3. The van der Waals surface area contributed by atoms with Crippen molar-refractivity contribution < 1.29 is 27.8 Å². The fraction of sp³-hybridized carbons (Fsp3) is 0.462. The molecule has 1 heterocycles. The quantitative estimate of drug-likeness (QED) is 0.894. The highest BCUT2D eigenvalue weighted by atomic mass is 35.5. The Labute approximate surface area is 123 Å². The summed E-state index contributed by atoms with van der Waals surface area (Å²) in [6.07, 6.45) is -5.11. The average molecular weight is 324 g/mol. The van der Waals surface area contributed by atoms with Crippen LogP contribution in [0, 0.1) is 0 Å². The van der Waals surface area contributed by atoms with E-state index in [2.05, 4.69) is 0 Å². The maximum atomic E-state index is 12.8. The number of halogens is 4. The van der Waals surface area contributed by atoms with Crippen LogP contribution in [0.3, 0.4) is 0 Å². The van der Waals surface area contributed by atoms with Gasteiger partial charge in [-0.25, -0.2) is 4.79 Å². The van der Waals surface area contributed by atoms with Crippen LogP contribution in [0.4, 0.5) is 13.2 Å². The zero-order chi connectivity index (χ0) is 15.8. The molecule has 2 rings (SSSR count). The summed E-state index contributed by atoms with van der Waals surface area (Å²) < 4.78 is 44.0. The third-order valence-electron chi connectivity index (χ3n) is 3.44. The zero-order valence-corrected chi connectivity index (χ0v) is 11.8. The molecule has 1 aromatic rings. The lowest BCUT2D eigenvalue weighted by molar-refractivity contribution is -0.206. The van der Waals surface area contributed by atoms with Crippen LogP contribution < -0.4 is 10.1 Å². The lowest BCUT2D eigenvalue weighted by atomic mass is 10.0. The number of hydrogen-bond acceptors (Lipinski definition) is 3. The van der Waals surface area contributed by atoms with E-state index in [1.54, 1.807) is 18.2 Å². The van der Waals surface area contributed by atoms with Gasteiger partial charge >= 0.3 is 12.1 Å². The Morgan fingerprint density at radius 2 is 2.19 bits per heavy atom. The predicted molar refractivity (Wildman–Crippen MR) is 69.7 cm³/mol. The zero-order valence-electron chi connectivity index (χ0n) is 11.0. The van der Waals surface area contributed by atoms with Crippen LogP contribution in [0.2, 0.25) is 5.02 Å². The van der Waals surface area contributed by atoms with Crippen molar-refractivity contribution in [3.63, 3.8) is 0 Å². The predicted octanol–water partition coefficient (Wildman–Crippen LogP) is 2.64. The van der Waals surface area contributed by atoms with E-state index in [1.165, 1.54) is 0 Å². The molecule has 2 unspecified atom stereocenters. The van der Waals surface area contributed by atoms with Crippen molar-refractivity contribution in [1.29, 1.82) is 0 Å². The summed E-state index contributed by atoms with van der Waals surface area (Å²) in [7, 11) is 0. The van der Waals surface area contributed by atoms with Crippen molar-refractivity contribution in [2.45, 2.75) is 31.2 Å². The van der Waals surface area contributed by atoms with Gasteiger partial charge in [0, 0.05) is 18.0 Å². The first kappa shape index (κ1) is 15.9. The molecule has 21 heavy (non-hydrogen) atoms. The molecule has 0 aromatic heterocycles. The lowest BCUT2D eigenvalue weighted by Gasteiger charge is -2.29. The van der Waals surface area contributed by atoms with Gasteiger partial charge in [0.25, 0.3) is 0 Å². The first-order valence-corrected chi connectivity index (χ1v) is 6.51. The SMILES string of the molecule is CC(NCC1Cc2cc(Cl)ccc2O1)(C(=O)O)C(F)(F)F. The number of benzene rings is 1. The second kappa shape index (κ2) is 5.38. The van der Waals surface area contributed by atoms with Crippen LogP contribution in [0.5, 0.6) is 5.75 Å².